The normalized spacial score (nSPS) is 26.5. The Balaban J connectivity index is 2.06. The lowest BCUT2D eigenvalue weighted by Crippen LogP contribution is -2.42. The van der Waals surface area contributed by atoms with Crippen molar-refractivity contribution in [3.05, 3.63) is 20.8 Å². The minimum absolute atomic E-state index is 0.619. The molecule has 0 spiro atoms. The van der Waals surface area contributed by atoms with Crippen molar-refractivity contribution >= 4 is 27.3 Å². The van der Waals surface area contributed by atoms with Crippen LogP contribution in [0.5, 0.6) is 0 Å². The maximum absolute atomic E-state index is 3.69. The molecule has 1 fully saturated rings. The summed E-state index contributed by atoms with van der Waals surface area (Å²) < 4.78 is 1.26. The van der Waals surface area contributed by atoms with E-state index >= 15 is 0 Å². The van der Waals surface area contributed by atoms with Gasteiger partial charge < -0.3 is 5.32 Å². The minimum atomic E-state index is 0.619. The Hall–Kier alpha value is 0.1000. The SMILES string of the molecule is CC(C)C1CN(Cc2sccc2Br)C(C)CCN1. The van der Waals surface area contributed by atoms with Gasteiger partial charge in [-0.2, -0.15) is 0 Å². The van der Waals surface area contributed by atoms with Gasteiger partial charge in [0.15, 0.2) is 0 Å². The van der Waals surface area contributed by atoms with E-state index in [1.54, 1.807) is 0 Å². The number of hydrogen-bond donors (Lipinski definition) is 1. The van der Waals surface area contributed by atoms with E-state index in [9.17, 15) is 0 Å². The molecule has 0 radical (unpaired) electrons. The first-order valence-corrected chi connectivity index (χ1v) is 8.44. The zero-order valence-electron chi connectivity index (χ0n) is 11.4. The highest BCUT2D eigenvalue weighted by molar-refractivity contribution is 9.10. The summed E-state index contributed by atoms with van der Waals surface area (Å²) in [6.07, 6.45) is 1.24. The molecule has 2 atom stereocenters. The van der Waals surface area contributed by atoms with Crippen molar-refractivity contribution in [2.45, 2.75) is 45.8 Å². The fraction of sp³-hybridized carbons (Fsp3) is 0.714. The first-order chi connectivity index (χ1) is 8.58. The maximum Gasteiger partial charge on any atom is 0.0342 e. The number of halogens is 1. The quantitative estimate of drug-likeness (QED) is 0.908. The van der Waals surface area contributed by atoms with Crippen LogP contribution in [0.15, 0.2) is 15.9 Å². The van der Waals surface area contributed by atoms with Crippen molar-refractivity contribution in [2.75, 3.05) is 13.1 Å². The van der Waals surface area contributed by atoms with E-state index < -0.39 is 0 Å². The second-order valence-electron chi connectivity index (χ2n) is 5.56. The third-order valence-electron chi connectivity index (χ3n) is 3.87. The predicted molar refractivity (Wildman–Crippen MR) is 83.1 cm³/mol. The molecular weight excluding hydrogens is 308 g/mol. The summed E-state index contributed by atoms with van der Waals surface area (Å²) in [4.78, 5) is 4.08. The molecule has 0 aliphatic carbocycles. The number of nitrogens with one attached hydrogen (secondary N) is 1. The van der Waals surface area contributed by atoms with Gasteiger partial charge in [0.2, 0.25) is 0 Å². The molecule has 2 heterocycles. The van der Waals surface area contributed by atoms with Crippen LogP contribution in [0.1, 0.15) is 32.1 Å². The van der Waals surface area contributed by atoms with Crippen LogP contribution in [0.4, 0.5) is 0 Å². The Morgan fingerprint density at radius 2 is 2.33 bits per heavy atom. The lowest BCUT2D eigenvalue weighted by Gasteiger charge is -2.30. The lowest BCUT2D eigenvalue weighted by molar-refractivity contribution is 0.185. The van der Waals surface area contributed by atoms with Gasteiger partial charge in [-0.05, 0) is 53.2 Å². The Labute approximate surface area is 123 Å². The molecule has 0 aromatic carbocycles. The summed E-state index contributed by atoms with van der Waals surface area (Å²) in [5.41, 5.74) is 0. The molecule has 4 heteroatoms. The van der Waals surface area contributed by atoms with Gasteiger partial charge in [-0.1, -0.05) is 13.8 Å². The molecule has 1 N–H and O–H groups in total. The van der Waals surface area contributed by atoms with Crippen LogP contribution in [0, 0.1) is 5.92 Å². The Morgan fingerprint density at radius 1 is 1.56 bits per heavy atom. The molecule has 0 amide bonds. The molecule has 1 aromatic rings. The maximum atomic E-state index is 3.69. The molecule has 18 heavy (non-hydrogen) atoms. The van der Waals surface area contributed by atoms with Crippen LogP contribution in [-0.2, 0) is 6.54 Å². The fourth-order valence-electron chi connectivity index (χ4n) is 2.45. The van der Waals surface area contributed by atoms with E-state index in [0.717, 1.165) is 19.6 Å². The van der Waals surface area contributed by atoms with Crippen LogP contribution in [0.2, 0.25) is 0 Å². The largest absolute Gasteiger partial charge is 0.312 e. The summed E-state index contributed by atoms with van der Waals surface area (Å²) in [6, 6.07) is 3.43. The highest BCUT2D eigenvalue weighted by Crippen LogP contribution is 2.26. The molecule has 2 unspecified atom stereocenters. The van der Waals surface area contributed by atoms with Crippen LogP contribution < -0.4 is 5.32 Å². The summed E-state index contributed by atoms with van der Waals surface area (Å²) >= 11 is 5.50. The van der Waals surface area contributed by atoms with E-state index in [1.165, 1.54) is 15.8 Å². The van der Waals surface area contributed by atoms with Crippen LogP contribution in [0.3, 0.4) is 0 Å². The van der Waals surface area contributed by atoms with Gasteiger partial charge in [0.25, 0.3) is 0 Å². The monoisotopic (exact) mass is 330 g/mol. The molecule has 1 aromatic heterocycles. The topological polar surface area (TPSA) is 15.3 Å². The van der Waals surface area contributed by atoms with Crippen LogP contribution in [-0.4, -0.2) is 30.1 Å². The Bertz CT molecular complexity index is 378. The van der Waals surface area contributed by atoms with Crippen molar-refractivity contribution in [2.24, 2.45) is 5.92 Å². The summed E-state index contributed by atoms with van der Waals surface area (Å²) in [6.45, 7) is 10.4. The zero-order valence-corrected chi connectivity index (χ0v) is 13.9. The van der Waals surface area contributed by atoms with E-state index in [2.05, 4.69) is 58.4 Å². The predicted octanol–water partition coefficient (Wildman–Crippen LogP) is 3.72. The average Bonchev–Trinajstić information content (AvgIpc) is 2.61. The zero-order chi connectivity index (χ0) is 13.1. The molecule has 102 valence electrons. The summed E-state index contributed by atoms with van der Waals surface area (Å²) in [7, 11) is 0. The van der Waals surface area contributed by atoms with Crippen LogP contribution in [0.25, 0.3) is 0 Å². The molecule has 2 nitrogen and oxygen atoms in total. The molecule has 0 saturated carbocycles. The Kier molecular flexibility index (Phi) is 5.24. The van der Waals surface area contributed by atoms with Gasteiger partial charge in [-0.25, -0.2) is 0 Å². The van der Waals surface area contributed by atoms with Gasteiger partial charge in [-0.3, -0.25) is 4.90 Å². The van der Waals surface area contributed by atoms with Gasteiger partial charge in [0, 0.05) is 34.5 Å². The van der Waals surface area contributed by atoms with Crippen molar-refractivity contribution in [1.82, 2.24) is 10.2 Å². The molecular formula is C14H23BrN2S. The van der Waals surface area contributed by atoms with Gasteiger partial charge >= 0.3 is 0 Å². The standard InChI is InChI=1S/C14H23BrN2S/c1-10(2)13-8-17(11(3)4-6-16-13)9-14-12(15)5-7-18-14/h5,7,10-11,13,16H,4,6,8-9H2,1-3H3. The first kappa shape index (κ1) is 14.5. The smallest absolute Gasteiger partial charge is 0.0342 e. The summed E-state index contributed by atoms with van der Waals surface area (Å²) in [5, 5.41) is 5.85. The van der Waals surface area contributed by atoms with E-state index in [-0.39, 0.29) is 0 Å². The van der Waals surface area contributed by atoms with E-state index in [0.29, 0.717) is 18.0 Å². The molecule has 1 aliphatic rings. The third-order valence-corrected chi connectivity index (χ3v) is 5.78. The highest BCUT2D eigenvalue weighted by Gasteiger charge is 2.25. The van der Waals surface area contributed by atoms with Gasteiger partial charge in [-0.15, -0.1) is 11.3 Å². The fourth-order valence-corrected chi connectivity index (χ4v) is 3.95. The molecule has 0 bridgehead atoms. The highest BCUT2D eigenvalue weighted by atomic mass is 79.9. The van der Waals surface area contributed by atoms with Crippen molar-refractivity contribution in [3.8, 4) is 0 Å². The second-order valence-corrected chi connectivity index (χ2v) is 7.42. The van der Waals surface area contributed by atoms with Crippen molar-refractivity contribution < 1.29 is 0 Å². The average molecular weight is 331 g/mol. The number of thiophene rings is 1. The van der Waals surface area contributed by atoms with Crippen molar-refractivity contribution in [3.63, 3.8) is 0 Å². The molecule has 1 saturated heterocycles. The van der Waals surface area contributed by atoms with E-state index in [4.69, 9.17) is 0 Å². The lowest BCUT2D eigenvalue weighted by atomic mass is 10.0. The number of hydrogen-bond acceptors (Lipinski definition) is 3. The van der Waals surface area contributed by atoms with Gasteiger partial charge in [0.05, 0.1) is 0 Å². The summed E-state index contributed by atoms with van der Waals surface area (Å²) in [5.74, 6) is 0.699. The van der Waals surface area contributed by atoms with E-state index in [1.807, 2.05) is 11.3 Å². The Morgan fingerprint density at radius 3 is 2.94 bits per heavy atom. The van der Waals surface area contributed by atoms with Crippen LogP contribution >= 0.6 is 27.3 Å². The first-order valence-electron chi connectivity index (χ1n) is 6.77. The second kappa shape index (κ2) is 6.51. The minimum Gasteiger partial charge on any atom is -0.312 e. The molecule has 2 rings (SSSR count). The van der Waals surface area contributed by atoms with Crippen molar-refractivity contribution in [1.29, 1.82) is 0 Å². The molecule has 1 aliphatic heterocycles. The third kappa shape index (κ3) is 3.56. The number of rotatable bonds is 3. The van der Waals surface area contributed by atoms with Gasteiger partial charge in [0.1, 0.15) is 0 Å². The number of nitrogens with zero attached hydrogens (tertiary/aromatic N) is 1.